The molecule has 0 aromatic carbocycles. The molecule has 2 rings (SSSR count). The third kappa shape index (κ3) is 4.40. The van der Waals surface area contributed by atoms with Crippen molar-refractivity contribution in [1.29, 1.82) is 0 Å². The van der Waals surface area contributed by atoms with Crippen molar-refractivity contribution in [3.05, 3.63) is 18.6 Å². The van der Waals surface area contributed by atoms with Crippen LogP contribution in [0.1, 0.15) is 60.3 Å². The maximum Gasteiger partial charge on any atom is -0.0167 e. The predicted octanol–water partition coefficient (Wildman–Crippen LogP) is 5.26. The summed E-state index contributed by atoms with van der Waals surface area (Å²) in [6.07, 6.45) is 12.7. The molecular formula is C15H29. The Balaban J connectivity index is 0.000000442. The van der Waals surface area contributed by atoms with Gasteiger partial charge in [-0.2, -0.15) is 0 Å². The second-order valence-corrected chi connectivity index (χ2v) is 4.10. The highest BCUT2D eigenvalue weighted by Crippen LogP contribution is 2.40. The van der Waals surface area contributed by atoms with Gasteiger partial charge in [0.1, 0.15) is 0 Å². The van der Waals surface area contributed by atoms with Gasteiger partial charge < -0.3 is 0 Å². The van der Waals surface area contributed by atoms with Crippen molar-refractivity contribution < 1.29 is 0 Å². The summed E-state index contributed by atoms with van der Waals surface area (Å²) in [5, 5.41) is 0. The maximum absolute atomic E-state index is 2.43. The van der Waals surface area contributed by atoms with Crippen molar-refractivity contribution in [3.8, 4) is 0 Å². The van der Waals surface area contributed by atoms with Gasteiger partial charge in [0.15, 0.2) is 0 Å². The average Bonchev–Trinajstić information content (AvgIpc) is 2.35. The van der Waals surface area contributed by atoms with Crippen LogP contribution in [0.15, 0.2) is 12.2 Å². The third-order valence-electron chi connectivity index (χ3n) is 3.34. The fraction of sp³-hybridized carbons (Fsp3) is 0.800. The molecule has 3 atom stereocenters. The van der Waals surface area contributed by atoms with E-state index in [0.717, 1.165) is 17.8 Å². The Morgan fingerprint density at radius 3 is 2.27 bits per heavy atom. The van der Waals surface area contributed by atoms with Crippen LogP contribution < -0.4 is 0 Å². The Morgan fingerprint density at radius 2 is 1.67 bits per heavy atom. The Bertz CT molecular complexity index is 157. The normalized spacial score (nSPS) is 32.7. The highest BCUT2D eigenvalue weighted by Gasteiger charge is 2.29. The van der Waals surface area contributed by atoms with Crippen LogP contribution in [0.25, 0.3) is 0 Å². The lowest BCUT2D eigenvalue weighted by Crippen LogP contribution is -2.26. The molecule has 0 heteroatoms. The van der Waals surface area contributed by atoms with Gasteiger partial charge in [-0.15, -0.1) is 0 Å². The van der Waals surface area contributed by atoms with Crippen molar-refractivity contribution in [2.45, 2.75) is 60.3 Å². The van der Waals surface area contributed by atoms with E-state index in [1.165, 1.54) is 25.7 Å². The molecule has 0 spiro atoms. The van der Waals surface area contributed by atoms with Crippen molar-refractivity contribution in [3.63, 3.8) is 0 Å². The molecule has 0 saturated heterocycles. The molecule has 0 amide bonds. The van der Waals surface area contributed by atoms with E-state index in [4.69, 9.17) is 0 Å². The molecule has 1 saturated carbocycles. The number of hydrogen-bond donors (Lipinski definition) is 0. The van der Waals surface area contributed by atoms with Crippen LogP contribution in [0.2, 0.25) is 0 Å². The predicted molar refractivity (Wildman–Crippen MR) is 70.7 cm³/mol. The van der Waals surface area contributed by atoms with E-state index in [1.54, 1.807) is 0 Å². The maximum atomic E-state index is 2.43. The first-order valence-electron chi connectivity index (χ1n) is 6.88. The molecule has 0 bridgehead atoms. The molecule has 3 unspecified atom stereocenters. The first-order valence-corrected chi connectivity index (χ1v) is 6.88. The monoisotopic (exact) mass is 209 g/mol. The van der Waals surface area contributed by atoms with E-state index in [0.29, 0.717) is 0 Å². The lowest BCUT2D eigenvalue weighted by molar-refractivity contribution is 0.202. The van der Waals surface area contributed by atoms with E-state index in [2.05, 4.69) is 25.5 Å². The summed E-state index contributed by atoms with van der Waals surface area (Å²) in [5.74, 6) is 2.84. The molecule has 1 fully saturated rings. The number of rotatable bonds is 0. The fourth-order valence-electron chi connectivity index (χ4n) is 2.63. The first-order chi connectivity index (χ1) is 7.38. The zero-order valence-corrected chi connectivity index (χ0v) is 11.3. The lowest BCUT2D eigenvalue weighted by Gasteiger charge is -2.36. The molecule has 2 aliphatic carbocycles. The summed E-state index contributed by atoms with van der Waals surface area (Å²) in [6.45, 7) is 10.4. The molecule has 0 nitrogen and oxygen atoms in total. The van der Waals surface area contributed by atoms with Crippen LogP contribution in [-0.2, 0) is 0 Å². The van der Waals surface area contributed by atoms with E-state index in [1.807, 2.05) is 27.7 Å². The van der Waals surface area contributed by atoms with Crippen molar-refractivity contribution in [1.82, 2.24) is 0 Å². The summed E-state index contributed by atoms with van der Waals surface area (Å²) in [6, 6.07) is 0. The highest BCUT2D eigenvalue weighted by atomic mass is 14.3. The van der Waals surface area contributed by atoms with E-state index in [9.17, 15) is 0 Å². The molecule has 2 aliphatic rings. The molecule has 0 aromatic rings. The second-order valence-electron chi connectivity index (χ2n) is 4.10. The van der Waals surface area contributed by atoms with Gasteiger partial charge in [-0.3, -0.25) is 0 Å². The van der Waals surface area contributed by atoms with E-state index >= 15 is 0 Å². The standard InChI is InChI=1S/C11H17.2C2H6/c1-9-5-4-7-10-6-2-3-8-11(9)10;2*1-2/h2-3,8-11H,4-7H2,1H3;2*1-2H3. The van der Waals surface area contributed by atoms with E-state index < -0.39 is 0 Å². The summed E-state index contributed by atoms with van der Waals surface area (Å²) in [4.78, 5) is 0. The lowest BCUT2D eigenvalue weighted by atomic mass is 9.69. The van der Waals surface area contributed by atoms with Gasteiger partial charge in [0.2, 0.25) is 0 Å². The molecule has 1 radical (unpaired) electrons. The Morgan fingerprint density at radius 1 is 1.00 bits per heavy atom. The Labute approximate surface area is 97.2 Å². The molecule has 15 heavy (non-hydrogen) atoms. The SMILES string of the molecule is CC.CC.CC1CCCC2C[CH]C=CC12. The number of fused-ring (bicyclic) bond motifs is 1. The third-order valence-corrected chi connectivity index (χ3v) is 3.34. The number of hydrogen-bond acceptors (Lipinski definition) is 0. The van der Waals surface area contributed by atoms with Crippen LogP contribution in [0, 0.1) is 24.2 Å². The zero-order chi connectivity index (χ0) is 11.7. The zero-order valence-electron chi connectivity index (χ0n) is 11.3. The van der Waals surface area contributed by atoms with Gasteiger partial charge in [-0.1, -0.05) is 59.6 Å². The summed E-state index contributed by atoms with van der Waals surface area (Å²) in [5.41, 5.74) is 0. The van der Waals surface area contributed by atoms with Crippen LogP contribution in [-0.4, -0.2) is 0 Å². The van der Waals surface area contributed by atoms with Gasteiger partial charge in [0.25, 0.3) is 0 Å². The molecule has 0 aromatic heterocycles. The van der Waals surface area contributed by atoms with Gasteiger partial charge in [0, 0.05) is 0 Å². The topological polar surface area (TPSA) is 0 Å². The minimum absolute atomic E-state index is 0.911. The quantitative estimate of drug-likeness (QED) is 0.511. The van der Waals surface area contributed by atoms with Gasteiger partial charge in [0.05, 0.1) is 0 Å². The van der Waals surface area contributed by atoms with Gasteiger partial charge in [-0.25, -0.2) is 0 Å². The summed E-state index contributed by atoms with van der Waals surface area (Å²) >= 11 is 0. The minimum Gasteiger partial charge on any atom is -0.0846 e. The molecule has 89 valence electrons. The average molecular weight is 209 g/mol. The van der Waals surface area contributed by atoms with Crippen LogP contribution in [0.5, 0.6) is 0 Å². The summed E-state index contributed by atoms with van der Waals surface area (Å²) in [7, 11) is 0. The van der Waals surface area contributed by atoms with Crippen molar-refractivity contribution in [2.75, 3.05) is 0 Å². The molecular weight excluding hydrogens is 180 g/mol. The second kappa shape index (κ2) is 9.00. The fourth-order valence-corrected chi connectivity index (χ4v) is 2.63. The minimum atomic E-state index is 0.911. The van der Waals surface area contributed by atoms with Crippen molar-refractivity contribution >= 4 is 0 Å². The first kappa shape index (κ1) is 14.7. The smallest absolute Gasteiger partial charge is 0.0167 e. The Hall–Kier alpha value is -0.260. The van der Waals surface area contributed by atoms with Gasteiger partial charge >= 0.3 is 0 Å². The van der Waals surface area contributed by atoms with Gasteiger partial charge in [-0.05, 0) is 37.0 Å². The van der Waals surface area contributed by atoms with Crippen LogP contribution in [0.3, 0.4) is 0 Å². The highest BCUT2D eigenvalue weighted by molar-refractivity contribution is 5.08. The van der Waals surface area contributed by atoms with Crippen LogP contribution >= 0.6 is 0 Å². The molecule has 0 N–H and O–H groups in total. The van der Waals surface area contributed by atoms with Crippen LogP contribution in [0.4, 0.5) is 0 Å². The Kier molecular flexibility index (Phi) is 8.85. The molecule has 0 aliphatic heterocycles. The number of allylic oxidation sites excluding steroid dienone is 2. The summed E-state index contributed by atoms with van der Waals surface area (Å²) < 4.78 is 0. The largest absolute Gasteiger partial charge is 0.0846 e. The van der Waals surface area contributed by atoms with Crippen molar-refractivity contribution in [2.24, 2.45) is 17.8 Å². The molecule has 0 heterocycles. The van der Waals surface area contributed by atoms with E-state index in [-0.39, 0.29) is 0 Å².